The normalized spacial score (nSPS) is 24.3. The summed E-state index contributed by atoms with van der Waals surface area (Å²) in [6.07, 6.45) is 0.890. The Bertz CT molecular complexity index is 411. The molecule has 1 aromatic carbocycles. The Morgan fingerprint density at radius 1 is 1.44 bits per heavy atom. The minimum atomic E-state index is 0.557. The van der Waals surface area contributed by atoms with Gasteiger partial charge in [0.1, 0.15) is 0 Å². The van der Waals surface area contributed by atoms with Gasteiger partial charge in [0.25, 0.3) is 0 Å². The SMILES string of the molecule is CC1SCCN(c2ccc(Cl)cc2CCN)C1C. The minimum absolute atomic E-state index is 0.557. The van der Waals surface area contributed by atoms with Crippen molar-refractivity contribution in [3.63, 3.8) is 0 Å². The van der Waals surface area contributed by atoms with Crippen molar-refractivity contribution >= 4 is 29.1 Å². The maximum atomic E-state index is 6.09. The van der Waals surface area contributed by atoms with E-state index in [0.717, 1.165) is 18.0 Å². The Morgan fingerprint density at radius 3 is 2.94 bits per heavy atom. The first-order valence-electron chi connectivity index (χ1n) is 6.50. The molecule has 1 heterocycles. The van der Waals surface area contributed by atoms with Gasteiger partial charge in [-0.15, -0.1) is 0 Å². The summed E-state index contributed by atoms with van der Waals surface area (Å²) in [4.78, 5) is 2.50. The number of thioether (sulfide) groups is 1. The predicted molar refractivity (Wildman–Crippen MR) is 82.9 cm³/mol. The van der Waals surface area contributed by atoms with Gasteiger partial charge in [0.05, 0.1) is 0 Å². The van der Waals surface area contributed by atoms with Crippen LogP contribution < -0.4 is 10.6 Å². The molecular formula is C14H21ClN2S. The first-order chi connectivity index (χ1) is 8.63. The lowest BCUT2D eigenvalue weighted by Crippen LogP contribution is -2.45. The van der Waals surface area contributed by atoms with E-state index in [9.17, 15) is 0 Å². The molecule has 0 saturated carbocycles. The van der Waals surface area contributed by atoms with Crippen LogP contribution in [0.15, 0.2) is 18.2 Å². The van der Waals surface area contributed by atoms with Crippen molar-refractivity contribution in [1.82, 2.24) is 0 Å². The number of anilines is 1. The number of rotatable bonds is 3. The molecule has 2 atom stereocenters. The van der Waals surface area contributed by atoms with Gasteiger partial charge < -0.3 is 10.6 Å². The van der Waals surface area contributed by atoms with Crippen molar-refractivity contribution < 1.29 is 0 Å². The average Bonchev–Trinajstić information content (AvgIpc) is 2.34. The summed E-state index contributed by atoms with van der Waals surface area (Å²) >= 11 is 8.15. The molecule has 0 spiro atoms. The molecular weight excluding hydrogens is 264 g/mol. The highest BCUT2D eigenvalue weighted by Crippen LogP contribution is 2.32. The van der Waals surface area contributed by atoms with E-state index < -0.39 is 0 Å². The monoisotopic (exact) mass is 284 g/mol. The third-order valence-electron chi connectivity index (χ3n) is 3.65. The Hall–Kier alpha value is -0.380. The average molecular weight is 285 g/mol. The molecule has 1 aliphatic rings. The Kier molecular flexibility index (Phi) is 4.82. The highest BCUT2D eigenvalue weighted by molar-refractivity contribution is 8.00. The summed E-state index contributed by atoms with van der Waals surface area (Å²) in [5.74, 6) is 1.19. The lowest BCUT2D eigenvalue weighted by molar-refractivity contribution is 0.624. The fourth-order valence-electron chi connectivity index (χ4n) is 2.46. The van der Waals surface area contributed by atoms with Gasteiger partial charge in [0.2, 0.25) is 0 Å². The van der Waals surface area contributed by atoms with Gasteiger partial charge in [-0.2, -0.15) is 11.8 Å². The third-order valence-corrected chi connectivity index (χ3v) is 5.22. The van der Waals surface area contributed by atoms with E-state index >= 15 is 0 Å². The molecule has 4 heteroatoms. The number of halogens is 1. The van der Waals surface area contributed by atoms with Crippen LogP contribution in [0.2, 0.25) is 5.02 Å². The van der Waals surface area contributed by atoms with Crippen molar-refractivity contribution in [1.29, 1.82) is 0 Å². The standard InChI is InChI=1S/C14H21ClN2S/c1-10-11(2)18-8-7-17(10)14-4-3-13(15)9-12(14)5-6-16/h3-4,9-11H,5-8,16H2,1-2H3. The van der Waals surface area contributed by atoms with Gasteiger partial charge in [-0.05, 0) is 43.7 Å². The molecule has 0 bridgehead atoms. The Morgan fingerprint density at radius 2 is 2.22 bits per heavy atom. The van der Waals surface area contributed by atoms with E-state index in [1.807, 2.05) is 6.07 Å². The van der Waals surface area contributed by atoms with Crippen molar-refractivity contribution in [2.45, 2.75) is 31.6 Å². The summed E-state index contributed by atoms with van der Waals surface area (Å²) in [7, 11) is 0. The quantitative estimate of drug-likeness (QED) is 0.924. The van der Waals surface area contributed by atoms with Crippen LogP contribution >= 0.6 is 23.4 Å². The van der Waals surface area contributed by atoms with E-state index in [4.69, 9.17) is 17.3 Å². The summed E-state index contributed by atoms with van der Waals surface area (Å²) in [6.45, 7) is 6.38. The van der Waals surface area contributed by atoms with Crippen LogP contribution in [0.4, 0.5) is 5.69 Å². The molecule has 2 nitrogen and oxygen atoms in total. The highest BCUT2D eigenvalue weighted by atomic mass is 35.5. The van der Waals surface area contributed by atoms with Crippen LogP contribution in [-0.4, -0.2) is 30.1 Å². The molecule has 1 aliphatic heterocycles. The van der Waals surface area contributed by atoms with Crippen molar-refractivity contribution in [3.8, 4) is 0 Å². The van der Waals surface area contributed by atoms with E-state index in [-0.39, 0.29) is 0 Å². The number of hydrogen-bond acceptors (Lipinski definition) is 3. The molecule has 0 aliphatic carbocycles. The van der Waals surface area contributed by atoms with Crippen LogP contribution in [0.5, 0.6) is 0 Å². The van der Waals surface area contributed by atoms with Gasteiger partial charge in [-0.3, -0.25) is 0 Å². The molecule has 1 aromatic rings. The molecule has 0 radical (unpaired) electrons. The van der Waals surface area contributed by atoms with Gasteiger partial charge in [0, 0.05) is 34.3 Å². The first kappa shape index (κ1) is 14.0. The molecule has 0 aromatic heterocycles. The van der Waals surface area contributed by atoms with Crippen LogP contribution in [0, 0.1) is 0 Å². The van der Waals surface area contributed by atoms with E-state index in [1.54, 1.807) is 0 Å². The fraction of sp³-hybridized carbons (Fsp3) is 0.571. The van der Waals surface area contributed by atoms with E-state index in [0.29, 0.717) is 17.8 Å². The smallest absolute Gasteiger partial charge is 0.0410 e. The third kappa shape index (κ3) is 2.95. The molecule has 0 amide bonds. The van der Waals surface area contributed by atoms with E-state index in [2.05, 4.69) is 42.6 Å². The maximum Gasteiger partial charge on any atom is 0.0410 e. The fourth-order valence-corrected chi connectivity index (χ4v) is 3.76. The molecule has 1 fully saturated rings. The van der Waals surface area contributed by atoms with Crippen LogP contribution in [0.3, 0.4) is 0 Å². The zero-order chi connectivity index (χ0) is 13.1. The zero-order valence-corrected chi connectivity index (χ0v) is 12.6. The Balaban J connectivity index is 2.31. The topological polar surface area (TPSA) is 29.3 Å². The summed E-state index contributed by atoms with van der Waals surface area (Å²) < 4.78 is 0. The van der Waals surface area contributed by atoms with Gasteiger partial charge in [0.15, 0.2) is 0 Å². The number of hydrogen-bond donors (Lipinski definition) is 1. The van der Waals surface area contributed by atoms with Crippen molar-refractivity contribution in [2.75, 3.05) is 23.7 Å². The Labute approximate surface area is 119 Å². The highest BCUT2D eigenvalue weighted by Gasteiger charge is 2.26. The molecule has 2 N–H and O–H groups in total. The molecule has 18 heavy (non-hydrogen) atoms. The largest absolute Gasteiger partial charge is 0.367 e. The molecule has 100 valence electrons. The molecule has 2 rings (SSSR count). The second-order valence-electron chi connectivity index (χ2n) is 4.82. The summed E-state index contributed by atoms with van der Waals surface area (Å²) in [5.41, 5.74) is 8.29. The van der Waals surface area contributed by atoms with Crippen LogP contribution in [0.1, 0.15) is 19.4 Å². The van der Waals surface area contributed by atoms with Gasteiger partial charge in [-0.25, -0.2) is 0 Å². The van der Waals surface area contributed by atoms with E-state index in [1.165, 1.54) is 17.0 Å². The number of nitrogens with two attached hydrogens (primary N) is 1. The lowest BCUT2D eigenvalue weighted by Gasteiger charge is -2.40. The molecule has 1 saturated heterocycles. The predicted octanol–water partition coefficient (Wildman–Crippen LogP) is 3.17. The number of nitrogens with zero attached hydrogens (tertiary/aromatic N) is 1. The maximum absolute atomic E-state index is 6.09. The number of benzene rings is 1. The first-order valence-corrected chi connectivity index (χ1v) is 7.93. The minimum Gasteiger partial charge on any atom is -0.367 e. The second kappa shape index (κ2) is 6.18. The van der Waals surface area contributed by atoms with Crippen molar-refractivity contribution in [2.24, 2.45) is 5.73 Å². The second-order valence-corrected chi connectivity index (χ2v) is 6.74. The summed E-state index contributed by atoms with van der Waals surface area (Å²) in [6, 6.07) is 6.74. The van der Waals surface area contributed by atoms with Gasteiger partial charge >= 0.3 is 0 Å². The lowest BCUT2D eigenvalue weighted by atomic mass is 10.1. The van der Waals surface area contributed by atoms with Gasteiger partial charge in [-0.1, -0.05) is 18.5 Å². The van der Waals surface area contributed by atoms with Crippen LogP contribution in [0.25, 0.3) is 0 Å². The summed E-state index contributed by atoms with van der Waals surface area (Å²) in [5, 5.41) is 1.47. The van der Waals surface area contributed by atoms with Crippen molar-refractivity contribution in [3.05, 3.63) is 28.8 Å². The molecule has 2 unspecified atom stereocenters. The zero-order valence-electron chi connectivity index (χ0n) is 11.0. The van der Waals surface area contributed by atoms with Crippen LogP contribution in [-0.2, 0) is 6.42 Å².